The molecule has 2 heterocycles. The number of aryl methyl sites for hydroxylation is 1. The van der Waals surface area contributed by atoms with Crippen molar-refractivity contribution in [2.24, 2.45) is 0 Å². The molecule has 5 rings (SSSR count). The van der Waals surface area contributed by atoms with E-state index in [1.54, 1.807) is 0 Å². The molecule has 0 amide bonds. The smallest absolute Gasteiger partial charge is 0.226 e. The molecule has 0 fully saturated rings. The number of Topliss-reactive ketones (excluding diaryl/α,β-unsaturated/α-hetero) is 1. The summed E-state index contributed by atoms with van der Waals surface area (Å²) >= 11 is 6.08. The molecule has 2 atom stereocenters. The fraction of sp³-hybridized carbons (Fsp3) is 0.227. The van der Waals surface area contributed by atoms with Gasteiger partial charge in [0.1, 0.15) is 11.9 Å². The van der Waals surface area contributed by atoms with Gasteiger partial charge in [0.05, 0.1) is 0 Å². The summed E-state index contributed by atoms with van der Waals surface area (Å²) in [5, 5.41) is 8.61. The van der Waals surface area contributed by atoms with E-state index in [4.69, 9.17) is 11.6 Å². The zero-order valence-electron chi connectivity index (χ0n) is 15.4. The molecule has 28 heavy (non-hydrogen) atoms. The van der Waals surface area contributed by atoms with Crippen molar-refractivity contribution >= 4 is 23.3 Å². The van der Waals surface area contributed by atoms with E-state index < -0.39 is 0 Å². The predicted octanol–water partition coefficient (Wildman–Crippen LogP) is 4.66. The molecule has 1 aliphatic carbocycles. The summed E-state index contributed by atoms with van der Waals surface area (Å²) in [6.07, 6.45) is 1.28. The number of nitrogens with one attached hydrogen (secondary N) is 1. The second-order valence-corrected chi connectivity index (χ2v) is 7.77. The van der Waals surface area contributed by atoms with E-state index in [2.05, 4.69) is 27.5 Å². The first kappa shape index (κ1) is 17.2. The average molecular weight is 391 g/mol. The molecular weight excluding hydrogens is 372 g/mol. The van der Waals surface area contributed by atoms with Gasteiger partial charge in [0.15, 0.2) is 5.78 Å². The number of allylic oxidation sites excluding steroid dienone is 2. The van der Waals surface area contributed by atoms with Crippen LogP contribution >= 0.6 is 11.6 Å². The van der Waals surface area contributed by atoms with Crippen LogP contribution in [-0.2, 0) is 4.79 Å². The van der Waals surface area contributed by atoms with Crippen LogP contribution in [0.3, 0.4) is 0 Å². The molecule has 2 aliphatic rings. The van der Waals surface area contributed by atoms with Crippen molar-refractivity contribution in [3.05, 3.63) is 87.8 Å². The highest BCUT2D eigenvalue weighted by Gasteiger charge is 2.39. The zero-order chi connectivity index (χ0) is 19.3. The van der Waals surface area contributed by atoms with Crippen LogP contribution in [-0.4, -0.2) is 20.5 Å². The first-order valence-corrected chi connectivity index (χ1v) is 9.75. The number of carbonyl (C=O) groups excluding carboxylic acids is 1. The number of halogens is 1. The Bertz CT molecular complexity index is 1090. The molecular formula is C22H19ClN4O. The van der Waals surface area contributed by atoms with Crippen LogP contribution in [0.25, 0.3) is 0 Å². The van der Waals surface area contributed by atoms with Gasteiger partial charge in [-0.25, -0.2) is 4.68 Å². The monoisotopic (exact) mass is 390 g/mol. The predicted molar refractivity (Wildman–Crippen MR) is 108 cm³/mol. The summed E-state index contributed by atoms with van der Waals surface area (Å²) in [6, 6.07) is 17.6. The summed E-state index contributed by atoms with van der Waals surface area (Å²) in [5.74, 6) is 1.67. The molecule has 0 bridgehead atoms. The molecule has 5 nitrogen and oxygen atoms in total. The van der Waals surface area contributed by atoms with Crippen LogP contribution in [0.2, 0.25) is 5.02 Å². The fourth-order valence-corrected chi connectivity index (χ4v) is 4.36. The van der Waals surface area contributed by atoms with Crippen molar-refractivity contribution in [2.75, 3.05) is 5.32 Å². The molecule has 0 saturated carbocycles. The Balaban J connectivity index is 1.62. The molecule has 1 aromatic heterocycles. The first-order chi connectivity index (χ1) is 13.6. The normalized spacial score (nSPS) is 21.1. The minimum atomic E-state index is -0.283. The lowest BCUT2D eigenvalue weighted by Gasteiger charge is -2.35. The number of anilines is 1. The van der Waals surface area contributed by atoms with Gasteiger partial charge < -0.3 is 5.32 Å². The van der Waals surface area contributed by atoms with Crippen molar-refractivity contribution < 1.29 is 4.79 Å². The number of fused-ring (bicyclic) bond motifs is 1. The Morgan fingerprint density at radius 2 is 1.79 bits per heavy atom. The second-order valence-electron chi connectivity index (χ2n) is 7.34. The van der Waals surface area contributed by atoms with E-state index in [1.165, 1.54) is 5.56 Å². The molecule has 6 heteroatoms. The maximum Gasteiger partial charge on any atom is 0.226 e. The van der Waals surface area contributed by atoms with Crippen molar-refractivity contribution in [2.45, 2.75) is 31.7 Å². The molecule has 2 aromatic carbocycles. The third-order valence-corrected chi connectivity index (χ3v) is 5.73. The highest BCUT2D eigenvalue weighted by Crippen LogP contribution is 2.44. The van der Waals surface area contributed by atoms with Gasteiger partial charge in [-0.05, 0) is 42.5 Å². The van der Waals surface area contributed by atoms with Gasteiger partial charge in [-0.2, -0.15) is 10.1 Å². The van der Waals surface area contributed by atoms with Crippen molar-refractivity contribution in [3.63, 3.8) is 0 Å². The summed E-state index contributed by atoms with van der Waals surface area (Å²) < 4.78 is 1.82. The Labute approximate surface area is 168 Å². The number of nitrogens with zero attached hydrogens (tertiary/aromatic N) is 3. The highest BCUT2D eigenvalue weighted by atomic mass is 35.5. The maximum absolute atomic E-state index is 13.3. The van der Waals surface area contributed by atoms with Gasteiger partial charge in [0, 0.05) is 22.7 Å². The van der Waals surface area contributed by atoms with Crippen LogP contribution in [0.4, 0.5) is 5.95 Å². The number of rotatable bonds is 2. The van der Waals surface area contributed by atoms with Crippen LogP contribution in [0.5, 0.6) is 0 Å². The largest absolute Gasteiger partial charge is 0.328 e. The second kappa shape index (κ2) is 6.60. The van der Waals surface area contributed by atoms with Gasteiger partial charge in [-0.3, -0.25) is 4.79 Å². The van der Waals surface area contributed by atoms with Gasteiger partial charge in [0.2, 0.25) is 5.95 Å². The summed E-state index contributed by atoms with van der Waals surface area (Å²) in [4.78, 5) is 17.8. The van der Waals surface area contributed by atoms with E-state index in [-0.39, 0.29) is 17.7 Å². The molecule has 0 spiro atoms. The summed E-state index contributed by atoms with van der Waals surface area (Å²) in [6.45, 7) is 1.86. The van der Waals surface area contributed by atoms with Crippen molar-refractivity contribution in [3.8, 4) is 0 Å². The van der Waals surface area contributed by atoms with Gasteiger partial charge in [-0.1, -0.05) is 54.1 Å². The maximum atomic E-state index is 13.3. The van der Waals surface area contributed by atoms with Gasteiger partial charge in [0.25, 0.3) is 0 Å². The molecule has 3 aromatic rings. The number of benzene rings is 2. The lowest BCUT2D eigenvalue weighted by molar-refractivity contribution is -0.116. The van der Waals surface area contributed by atoms with E-state index in [0.717, 1.165) is 23.3 Å². The topological polar surface area (TPSA) is 59.8 Å². The average Bonchev–Trinajstić information content (AvgIpc) is 3.07. The lowest BCUT2D eigenvalue weighted by atomic mass is 9.78. The Kier molecular flexibility index (Phi) is 4.05. The third-order valence-electron chi connectivity index (χ3n) is 5.48. The van der Waals surface area contributed by atoms with Crippen molar-refractivity contribution in [1.29, 1.82) is 0 Å². The molecule has 0 unspecified atom stereocenters. The lowest BCUT2D eigenvalue weighted by Crippen LogP contribution is -2.33. The summed E-state index contributed by atoms with van der Waals surface area (Å²) in [7, 11) is 0. The SMILES string of the molecule is Cc1nc2n(n1)[C@@H](c1ccc(Cl)cc1)C1=C(C[C@@H](c3ccccc3)CC1=O)N2. The Morgan fingerprint density at radius 1 is 1.04 bits per heavy atom. The standard InChI is InChI=1S/C22H19ClN4O/c1-13-24-22-25-18-11-16(14-5-3-2-4-6-14)12-19(28)20(18)21(27(22)26-13)15-7-9-17(23)10-8-15/h2-10,16,21H,11-12H2,1H3,(H,24,25,26)/t16-,21+/m1/s1. The minimum Gasteiger partial charge on any atom is -0.328 e. The molecule has 1 N–H and O–H groups in total. The highest BCUT2D eigenvalue weighted by molar-refractivity contribution is 6.30. The zero-order valence-corrected chi connectivity index (χ0v) is 16.1. The number of carbonyl (C=O) groups is 1. The molecule has 0 saturated heterocycles. The van der Waals surface area contributed by atoms with Crippen LogP contribution < -0.4 is 5.32 Å². The Hall–Kier alpha value is -2.92. The number of hydrogen-bond acceptors (Lipinski definition) is 4. The molecule has 140 valence electrons. The molecule has 0 radical (unpaired) electrons. The number of ketones is 1. The quantitative estimate of drug-likeness (QED) is 0.691. The minimum absolute atomic E-state index is 0.154. The van der Waals surface area contributed by atoms with Crippen LogP contribution in [0, 0.1) is 6.92 Å². The number of aromatic nitrogens is 3. The van der Waals surface area contributed by atoms with Gasteiger partial charge >= 0.3 is 0 Å². The van der Waals surface area contributed by atoms with E-state index in [0.29, 0.717) is 23.2 Å². The van der Waals surface area contributed by atoms with Crippen molar-refractivity contribution in [1.82, 2.24) is 14.8 Å². The third kappa shape index (κ3) is 2.83. The fourth-order valence-electron chi connectivity index (χ4n) is 4.23. The van der Waals surface area contributed by atoms with Gasteiger partial charge in [-0.15, -0.1) is 0 Å². The van der Waals surface area contributed by atoms with E-state index >= 15 is 0 Å². The number of hydrogen-bond donors (Lipinski definition) is 1. The Morgan fingerprint density at radius 3 is 2.54 bits per heavy atom. The van der Waals surface area contributed by atoms with Crippen LogP contribution in [0.1, 0.15) is 41.8 Å². The summed E-state index contributed by atoms with van der Waals surface area (Å²) in [5.41, 5.74) is 3.91. The van der Waals surface area contributed by atoms with E-state index in [9.17, 15) is 4.79 Å². The molecule has 1 aliphatic heterocycles. The van der Waals surface area contributed by atoms with Crippen LogP contribution in [0.15, 0.2) is 65.9 Å². The van der Waals surface area contributed by atoms with E-state index in [1.807, 2.05) is 54.1 Å². The first-order valence-electron chi connectivity index (χ1n) is 9.37.